The molecular formula is C23H25N7O. The first-order chi connectivity index (χ1) is 15.1. The monoisotopic (exact) mass is 415 g/mol. The number of amides is 1. The van der Waals surface area contributed by atoms with Crippen molar-refractivity contribution in [3.05, 3.63) is 42.2 Å². The highest BCUT2D eigenvalue weighted by Crippen LogP contribution is 2.37. The molecular weight excluding hydrogens is 390 g/mol. The van der Waals surface area contributed by atoms with Gasteiger partial charge in [-0.3, -0.25) is 4.79 Å². The van der Waals surface area contributed by atoms with Crippen molar-refractivity contribution in [2.75, 3.05) is 6.54 Å². The zero-order chi connectivity index (χ0) is 21.3. The van der Waals surface area contributed by atoms with Gasteiger partial charge in [-0.25, -0.2) is 15.0 Å². The molecule has 1 saturated carbocycles. The maximum absolute atomic E-state index is 13.2. The molecule has 158 valence electrons. The highest BCUT2D eigenvalue weighted by atomic mass is 16.2. The Morgan fingerprint density at radius 1 is 1.23 bits per heavy atom. The van der Waals surface area contributed by atoms with Gasteiger partial charge in [-0.05, 0) is 49.9 Å². The lowest BCUT2D eigenvalue weighted by molar-refractivity contribution is 0.0700. The minimum absolute atomic E-state index is 0.0103. The molecule has 0 unspecified atom stereocenters. The number of likely N-dealkylation sites (tertiary alicyclic amines) is 1. The van der Waals surface area contributed by atoms with Gasteiger partial charge in [0.1, 0.15) is 11.2 Å². The first kappa shape index (κ1) is 18.5. The zero-order valence-electron chi connectivity index (χ0n) is 17.7. The Morgan fingerprint density at radius 2 is 2.10 bits per heavy atom. The second kappa shape index (κ2) is 6.62. The summed E-state index contributed by atoms with van der Waals surface area (Å²) >= 11 is 0. The number of nitrogens with zero attached hydrogens (tertiary/aromatic N) is 6. The smallest absolute Gasteiger partial charge is 0.255 e. The Labute approximate surface area is 179 Å². The third-order valence-corrected chi connectivity index (χ3v) is 7.07. The van der Waals surface area contributed by atoms with E-state index in [0.717, 1.165) is 59.6 Å². The summed E-state index contributed by atoms with van der Waals surface area (Å²) in [5.74, 6) is 1.25. The molecule has 1 saturated heterocycles. The van der Waals surface area contributed by atoms with E-state index in [0.29, 0.717) is 11.5 Å². The largest absolute Gasteiger partial charge is 0.334 e. The van der Waals surface area contributed by atoms with Crippen molar-refractivity contribution >= 4 is 28.1 Å². The Morgan fingerprint density at radius 3 is 2.84 bits per heavy atom. The first-order valence-corrected chi connectivity index (χ1v) is 10.9. The summed E-state index contributed by atoms with van der Waals surface area (Å²) in [5, 5.41) is 1.08. The van der Waals surface area contributed by atoms with Crippen LogP contribution in [0, 0.1) is 5.92 Å². The lowest BCUT2D eigenvalue weighted by atomic mass is 10.1. The number of aryl methyl sites for hydroxylation is 2. The molecule has 2 N–H and O–H groups in total. The number of imidazole rings is 1. The van der Waals surface area contributed by atoms with Crippen LogP contribution in [0.2, 0.25) is 0 Å². The molecule has 0 radical (unpaired) electrons. The molecule has 1 amide bonds. The minimum Gasteiger partial charge on any atom is -0.334 e. The summed E-state index contributed by atoms with van der Waals surface area (Å²) in [6, 6.07) is 8.23. The van der Waals surface area contributed by atoms with Crippen LogP contribution in [0.25, 0.3) is 33.7 Å². The highest BCUT2D eigenvalue weighted by Gasteiger charge is 2.46. The normalized spacial score (nSPS) is 22.8. The highest BCUT2D eigenvalue weighted by molar-refractivity contribution is 5.97. The van der Waals surface area contributed by atoms with Crippen molar-refractivity contribution in [1.82, 2.24) is 29.0 Å². The van der Waals surface area contributed by atoms with Crippen LogP contribution in [-0.2, 0) is 13.6 Å². The Balaban J connectivity index is 1.42. The lowest BCUT2D eigenvalue weighted by Gasteiger charge is -2.27. The minimum atomic E-state index is 0.0103. The van der Waals surface area contributed by atoms with Crippen molar-refractivity contribution in [2.45, 2.75) is 38.4 Å². The molecule has 8 heteroatoms. The van der Waals surface area contributed by atoms with Gasteiger partial charge in [-0.2, -0.15) is 0 Å². The van der Waals surface area contributed by atoms with Crippen LogP contribution >= 0.6 is 0 Å². The predicted octanol–water partition coefficient (Wildman–Crippen LogP) is 2.57. The fourth-order valence-corrected chi connectivity index (χ4v) is 5.46. The molecule has 0 spiro atoms. The fraction of sp³-hybridized carbons (Fsp3) is 0.391. The summed E-state index contributed by atoms with van der Waals surface area (Å²) in [7, 11) is 1.96. The maximum atomic E-state index is 13.2. The van der Waals surface area contributed by atoms with Crippen molar-refractivity contribution in [3.8, 4) is 11.5 Å². The molecule has 31 heavy (non-hydrogen) atoms. The van der Waals surface area contributed by atoms with Crippen LogP contribution in [0.3, 0.4) is 0 Å². The van der Waals surface area contributed by atoms with E-state index in [4.69, 9.17) is 10.7 Å². The van der Waals surface area contributed by atoms with E-state index >= 15 is 0 Å². The van der Waals surface area contributed by atoms with Crippen LogP contribution in [-0.4, -0.2) is 53.5 Å². The van der Waals surface area contributed by atoms with Gasteiger partial charge in [0.25, 0.3) is 5.91 Å². The van der Waals surface area contributed by atoms with Gasteiger partial charge in [-0.15, -0.1) is 0 Å². The lowest BCUT2D eigenvalue weighted by Crippen LogP contribution is -2.41. The Bertz CT molecular complexity index is 1340. The van der Waals surface area contributed by atoms with E-state index in [1.807, 2.05) is 34.8 Å². The topological polar surface area (TPSA) is 94.9 Å². The first-order valence-electron chi connectivity index (χ1n) is 10.9. The Kier molecular flexibility index (Phi) is 3.95. The molecule has 1 aliphatic heterocycles. The van der Waals surface area contributed by atoms with Gasteiger partial charge >= 0.3 is 0 Å². The number of carbonyl (C=O) groups is 1. The number of nitrogens with two attached hydrogens (primary N) is 1. The standard InChI is InChI=1S/C23H25N7O/c1-3-29-18(10-13-5-4-8-25-20(13)29)22-27-16-9-15(11-26-21(16)28(22)2)23(31)30-12-14-6-7-17(30)19(14)24/h4-5,8-11,14,17,19H,3,6-7,12,24H2,1-2H3/t14-,17-,19-/m1/s1. The van der Waals surface area contributed by atoms with E-state index < -0.39 is 0 Å². The van der Waals surface area contributed by atoms with E-state index in [1.54, 1.807) is 6.20 Å². The summed E-state index contributed by atoms with van der Waals surface area (Å²) in [4.78, 5) is 29.1. The van der Waals surface area contributed by atoms with Gasteiger partial charge in [0.15, 0.2) is 11.5 Å². The average Bonchev–Trinajstić information content (AvgIpc) is 3.52. The number of hydrogen-bond acceptors (Lipinski definition) is 5. The van der Waals surface area contributed by atoms with Gasteiger partial charge in [-0.1, -0.05) is 0 Å². The number of fused-ring (bicyclic) bond motifs is 4. The van der Waals surface area contributed by atoms with Gasteiger partial charge in [0.2, 0.25) is 0 Å². The van der Waals surface area contributed by atoms with Gasteiger partial charge < -0.3 is 19.8 Å². The molecule has 2 bridgehead atoms. The second-order valence-corrected chi connectivity index (χ2v) is 8.69. The number of pyridine rings is 2. The SMILES string of the molecule is CCn1c(-c2nc3cc(C(=O)N4C[C@H]5CC[C@@H]4[C@@H]5N)cnc3n2C)cc2cccnc21. The van der Waals surface area contributed by atoms with Crippen LogP contribution in [0.1, 0.15) is 30.1 Å². The predicted molar refractivity (Wildman–Crippen MR) is 118 cm³/mol. The molecule has 1 aliphatic carbocycles. The average molecular weight is 416 g/mol. The zero-order valence-corrected chi connectivity index (χ0v) is 17.7. The third kappa shape index (κ3) is 2.57. The molecule has 0 aromatic carbocycles. The summed E-state index contributed by atoms with van der Waals surface area (Å²) < 4.78 is 4.14. The summed E-state index contributed by atoms with van der Waals surface area (Å²) in [6.07, 6.45) is 5.60. The molecule has 4 aromatic rings. The second-order valence-electron chi connectivity index (χ2n) is 8.69. The van der Waals surface area contributed by atoms with Crippen molar-refractivity contribution in [3.63, 3.8) is 0 Å². The third-order valence-electron chi connectivity index (χ3n) is 7.07. The van der Waals surface area contributed by atoms with Crippen LogP contribution in [0.15, 0.2) is 36.7 Å². The van der Waals surface area contributed by atoms with Crippen molar-refractivity contribution in [2.24, 2.45) is 18.7 Å². The van der Waals surface area contributed by atoms with E-state index in [2.05, 4.69) is 33.6 Å². The number of rotatable bonds is 3. The summed E-state index contributed by atoms with van der Waals surface area (Å²) in [6.45, 7) is 3.64. The van der Waals surface area contributed by atoms with Crippen LogP contribution in [0.4, 0.5) is 0 Å². The number of aromatic nitrogens is 5. The van der Waals surface area contributed by atoms with Crippen molar-refractivity contribution < 1.29 is 4.79 Å². The number of carbonyl (C=O) groups excluding carboxylic acids is 1. The molecule has 2 aliphatic rings. The van der Waals surface area contributed by atoms with E-state index in [-0.39, 0.29) is 18.0 Å². The summed E-state index contributed by atoms with van der Waals surface area (Å²) in [5.41, 5.74) is 10.3. The van der Waals surface area contributed by atoms with Crippen LogP contribution < -0.4 is 5.73 Å². The quantitative estimate of drug-likeness (QED) is 0.555. The maximum Gasteiger partial charge on any atom is 0.255 e. The number of hydrogen-bond donors (Lipinski definition) is 1. The fourth-order valence-electron chi connectivity index (χ4n) is 5.46. The molecule has 8 nitrogen and oxygen atoms in total. The van der Waals surface area contributed by atoms with Gasteiger partial charge in [0, 0.05) is 50.0 Å². The molecule has 4 aromatic heterocycles. The molecule has 5 heterocycles. The molecule has 6 rings (SSSR count). The van der Waals surface area contributed by atoms with Gasteiger partial charge in [0.05, 0.1) is 11.3 Å². The van der Waals surface area contributed by atoms with E-state index in [9.17, 15) is 4.79 Å². The molecule has 3 atom stereocenters. The van der Waals surface area contributed by atoms with Crippen LogP contribution in [0.5, 0.6) is 0 Å². The Hall–Kier alpha value is -3.26. The molecule has 2 fully saturated rings. The van der Waals surface area contributed by atoms with E-state index in [1.165, 1.54) is 0 Å². The van der Waals surface area contributed by atoms with Crippen molar-refractivity contribution in [1.29, 1.82) is 0 Å². The number of piperidine rings is 1.